The summed E-state index contributed by atoms with van der Waals surface area (Å²) in [6.07, 6.45) is -2.14. The molecular weight excluding hydrogens is 326 g/mol. The van der Waals surface area contributed by atoms with Gasteiger partial charge in [0, 0.05) is 23.2 Å². The molecule has 1 atom stereocenters. The van der Waals surface area contributed by atoms with Gasteiger partial charge in [0.1, 0.15) is 11.9 Å². The molecule has 6 heteroatoms. The predicted octanol–water partition coefficient (Wildman–Crippen LogP) is 3.67. The average Bonchev–Trinajstić information content (AvgIpc) is 2.35. The van der Waals surface area contributed by atoms with Gasteiger partial charge in [-0.2, -0.15) is 0 Å². The van der Waals surface area contributed by atoms with Gasteiger partial charge in [-0.25, -0.2) is 4.39 Å². The van der Waals surface area contributed by atoms with Crippen LogP contribution in [0.2, 0.25) is 5.02 Å². The van der Waals surface area contributed by atoms with Crippen LogP contribution in [0.15, 0.2) is 16.6 Å². The quantitative estimate of drug-likeness (QED) is 0.634. The van der Waals surface area contributed by atoms with Crippen LogP contribution >= 0.6 is 27.5 Å². The molecule has 0 aromatic heterocycles. The van der Waals surface area contributed by atoms with Crippen LogP contribution in [0.1, 0.15) is 25.5 Å². The molecule has 1 aromatic rings. The van der Waals surface area contributed by atoms with Crippen molar-refractivity contribution in [3.8, 4) is 0 Å². The minimum atomic E-state index is -1.23. The predicted molar refractivity (Wildman–Crippen MR) is 71.1 cm³/mol. The lowest BCUT2D eigenvalue weighted by molar-refractivity contribution is -0.192. The Morgan fingerprint density at radius 3 is 2.39 bits per heavy atom. The van der Waals surface area contributed by atoms with E-state index in [1.54, 1.807) is 19.9 Å². The Bertz CT molecular complexity index is 397. The minimum absolute atomic E-state index is 0.0510. The van der Waals surface area contributed by atoms with E-state index < -0.39 is 18.2 Å². The Labute approximate surface area is 119 Å². The lowest BCUT2D eigenvalue weighted by Gasteiger charge is -2.23. The first-order valence-corrected chi connectivity index (χ1v) is 6.74. The smallest absolute Gasteiger partial charge is 0.187 e. The van der Waals surface area contributed by atoms with E-state index in [4.69, 9.17) is 21.1 Å². The van der Waals surface area contributed by atoms with Gasteiger partial charge in [-0.3, -0.25) is 0 Å². The van der Waals surface area contributed by atoms with Gasteiger partial charge in [0.05, 0.1) is 5.02 Å². The van der Waals surface area contributed by atoms with Crippen molar-refractivity contribution in [3.05, 3.63) is 33.0 Å². The molecule has 0 aliphatic rings. The second-order valence-electron chi connectivity index (χ2n) is 3.49. The average molecular weight is 342 g/mol. The van der Waals surface area contributed by atoms with Crippen molar-refractivity contribution in [1.29, 1.82) is 0 Å². The van der Waals surface area contributed by atoms with E-state index in [0.29, 0.717) is 17.7 Å². The van der Waals surface area contributed by atoms with Crippen molar-refractivity contribution >= 4 is 27.5 Å². The number of halogens is 3. The third-order valence-corrected chi connectivity index (χ3v) is 3.56. The van der Waals surface area contributed by atoms with Gasteiger partial charge in [-0.15, -0.1) is 0 Å². The largest absolute Gasteiger partial charge is 0.383 e. The maximum atomic E-state index is 13.9. The van der Waals surface area contributed by atoms with Gasteiger partial charge in [0.2, 0.25) is 0 Å². The van der Waals surface area contributed by atoms with Crippen molar-refractivity contribution in [1.82, 2.24) is 0 Å². The van der Waals surface area contributed by atoms with Crippen LogP contribution in [-0.2, 0) is 9.47 Å². The van der Waals surface area contributed by atoms with Gasteiger partial charge in [0.15, 0.2) is 6.29 Å². The molecule has 1 unspecified atom stereocenters. The molecule has 0 spiro atoms. The fraction of sp³-hybridized carbons (Fsp3) is 0.500. The van der Waals surface area contributed by atoms with Gasteiger partial charge in [-0.05, 0) is 35.8 Å². The van der Waals surface area contributed by atoms with Crippen LogP contribution in [0.25, 0.3) is 0 Å². The molecule has 0 bridgehead atoms. The lowest BCUT2D eigenvalue weighted by atomic mass is 10.1. The second kappa shape index (κ2) is 7.40. The van der Waals surface area contributed by atoms with Gasteiger partial charge in [0.25, 0.3) is 0 Å². The summed E-state index contributed by atoms with van der Waals surface area (Å²) in [7, 11) is 0. The highest BCUT2D eigenvalue weighted by Crippen LogP contribution is 2.32. The Morgan fingerprint density at radius 2 is 1.89 bits per heavy atom. The molecule has 102 valence electrons. The first kappa shape index (κ1) is 15.9. The van der Waals surface area contributed by atoms with Crippen molar-refractivity contribution in [3.63, 3.8) is 0 Å². The zero-order valence-corrected chi connectivity index (χ0v) is 12.5. The third-order valence-electron chi connectivity index (χ3n) is 2.30. The van der Waals surface area contributed by atoms with E-state index in [-0.39, 0.29) is 10.6 Å². The van der Waals surface area contributed by atoms with Crippen LogP contribution in [0, 0.1) is 5.82 Å². The summed E-state index contributed by atoms with van der Waals surface area (Å²) in [5.74, 6) is -0.678. The molecule has 3 nitrogen and oxygen atoms in total. The van der Waals surface area contributed by atoms with E-state index in [0.717, 1.165) is 0 Å². The van der Waals surface area contributed by atoms with Crippen molar-refractivity contribution in [2.75, 3.05) is 13.2 Å². The maximum Gasteiger partial charge on any atom is 0.187 e. The second-order valence-corrected chi connectivity index (χ2v) is 4.72. The maximum absolute atomic E-state index is 13.9. The Balaban J connectivity index is 3.00. The summed E-state index contributed by atoms with van der Waals surface area (Å²) in [6, 6.07) is 3.01. The van der Waals surface area contributed by atoms with Crippen LogP contribution in [0.3, 0.4) is 0 Å². The molecular formula is C12H15BrClFO3. The standard InChI is InChI=1S/C12H15BrClFO3/c1-3-17-12(18-4-2)11(16)7-5-6-8(13)9(14)10(7)15/h5-6,11-12,16H,3-4H2,1-2H3. The molecule has 0 amide bonds. The molecule has 0 saturated heterocycles. The molecule has 1 aromatic carbocycles. The molecule has 0 heterocycles. The minimum Gasteiger partial charge on any atom is -0.383 e. The van der Waals surface area contributed by atoms with Crippen molar-refractivity contribution in [2.24, 2.45) is 0 Å². The Hall–Kier alpha value is -0.200. The first-order chi connectivity index (χ1) is 8.52. The highest BCUT2D eigenvalue weighted by Gasteiger charge is 2.26. The summed E-state index contributed by atoms with van der Waals surface area (Å²) in [4.78, 5) is 0. The van der Waals surface area contributed by atoms with Crippen LogP contribution < -0.4 is 0 Å². The normalized spacial score (nSPS) is 13.1. The first-order valence-electron chi connectivity index (χ1n) is 5.57. The Morgan fingerprint density at radius 1 is 1.33 bits per heavy atom. The zero-order chi connectivity index (χ0) is 13.7. The van der Waals surface area contributed by atoms with Crippen LogP contribution in [0.4, 0.5) is 4.39 Å². The highest BCUT2D eigenvalue weighted by atomic mass is 79.9. The molecule has 1 rings (SSSR count). The summed E-state index contributed by atoms with van der Waals surface area (Å²) in [6.45, 7) is 4.24. The number of aliphatic hydroxyl groups is 1. The topological polar surface area (TPSA) is 38.7 Å². The van der Waals surface area contributed by atoms with E-state index in [1.165, 1.54) is 6.07 Å². The molecule has 0 saturated carbocycles. The fourth-order valence-electron chi connectivity index (χ4n) is 1.47. The molecule has 18 heavy (non-hydrogen) atoms. The van der Waals surface area contributed by atoms with Crippen molar-refractivity contribution < 1.29 is 19.0 Å². The number of aliphatic hydroxyl groups excluding tert-OH is 1. The van der Waals surface area contributed by atoms with Gasteiger partial charge >= 0.3 is 0 Å². The number of benzene rings is 1. The SMILES string of the molecule is CCOC(OCC)C(O)c1ccc(Br)c(Cl)c1F. The van der Waals surface area contributed by atoms with E-state index in [1.807, 2.05) is 0 Å². The third kappa shape index (κ3) is 3.65. The van der Waals surface area contributed by atoms with Crippen molar-refractivity contribution in [2.45, 2.75) is 26.2 Å². The molecule has 1 N–H and O–H groups in total. The number of rotatable bonds is 6. The summed E-state index contributed by atoms with van der Waals surface area (Å²) >= 11 is 8.88. The van der Waals surface area contributed by atoms with Crippen LogP contribution in [0.5, 0.6) is 0 Å². The summed E-state index contributed by atoms with van der Waals surface area (Å²) < 4.78 is 24.8. The summed E-state index contributed by atoms with van der Waals surface area (Å²) in [5, 5.41) is 10.0. The molecule has 0 radical (unpaired) electrons. The van der Waals surface area contributed by atoms with Gasteiger partial charge < -0.3 is 14.6 Å². The number of hydrogen-bond donors (Lipinski definition) is 1. The highest BCUT2D eigenvalue weighted by molar-refractivity contribution is 9.10. The van der Waals surface area contributed by atoms with Gasteiger partial charge in [-0.1, -0.05) is 17.7 Å². The summed E-state index contributed by atoms with van der Waals surface area (Å²) in [5.41, 5.74) is 0.0510. The molecule has 0 aliphatic carbocycles. The van der Waals surface area contributed by atoms with Crippen LogP contribution in [-0.4, -0.2) is 24.6 Å². The lowest BCUT2D eigenvalue weighted by Crippen LogP contribution is -2.26. The van der Waals surface area contributed by atoms with E-state index in [2.05, 4.69) is 15.9 Å². The number of ether oxygens (including phenoxy) is 2. The molecule has 0 aliphatic heterocycles. The number of hydrogen-bond acceptors (Lipinski definition) is 3. The zero-order valence-electron chi connectivity index (χ0n) is 10.1. The van der Waals surface area contributed by atoms with E-state index in [9.17, 15) is 9.50 Å². The monoisotopic (exact) mass is 340 g/mol. The molecule has 0 fully saturated rings. The fourth-order valence-corrected chi connectivity index (χ4v) is 1.95. The Kier molecular flexibility index (Phi) is 6.52. The van der Waals surface area contributed by atoms with E-state index >= 15 is 0 Å².